The lowest BCUT2D eigenvalue weighted by Gasteiger charge is -2.09. The summed E-state index contributed by atoms with van der Waals surface area (Å²) in [6, 6.07) is 13.9. The summed E-state index contributed by atoms with van der Waals surface area (Å²) in [5.74, 6) is -0.517. The Labute approximate surface area is 140 Å². The van der Waals surface area contributed by atoms with E-state index in [0.717, 1.165) is 0 Å². The minimum Gasteiger partial charge on any atom is -0.452 e. The summed E-state index contributed by atoms with van der Waals surface area (Å²) in [6.07, 6.45) is 0. The van der Waals surface area contributed by atoms with Gasteiger partial charge in [-0.2, -0.15) is 0 Å². The van der Waals surface area contributed by atoms with Crippen molar-refractivity contribution in [2.24, 2.45) is 0 Å². The Balaban J connectivity index is 1.85. The molecule has 0 atom stereocenters. The third-order valence-electron chi connectivity index (χ3n) is 3.28. The van der Waals surface area contributed by atoms with E-state index in [4.69, 9.17) is 16.3 Å². The number of carbonyl (C=O) groups is 2. The van der Waals surface area contributed by atoms with Gasteiger partial charge in [0.05, 0.1) is 5.56 Å². The van der Waals surface area contributed by atoms with Crippen LogP contribution >= 0.6 is 11.6 Å². The maximum absolute atomic E-state index is 11.8. The van der Waals surface area contributed by atoms with E-state index in [0.29, 0.717) is 22.2 Å². The Hall–Kier alpha value is -2.33. The first-order valence-electron chi connectivity index (χ1n) is 7.28. The summed E-state index contributed by atoms with van der Waals surface area (Å²) < 4.78 is 4.97. The van der Waals surface area contributed by atoms with E-state index in [2.05, 4.69) is 19.2 Å². The Morgan fingerprint density at radius 3 is 2.22 bits per heavy atom. The maximum atomic E-state index is 11.8. The smallest absolute Gasteiger partial charge is 0.338 e. The molecule has 0 fully saturated rings. The highest BCUT2D eigenvalue weighted by molar-refractivity contribution is 6.30. The summed E-state index contributed by atoms with van der Waals surface area (Å²) >= 11 is 5.75. The van der Waals surface area contributed by atoms with Crippen molar-refractivity contribution in [3.8, 4) is 0 Å². The molecule has 2 aromatic rings. The summed E-state index contributed by atoms with van der Waals surface area (Å²) in [7, 11) is 0. The summed E-state index contributed by atoms with van der Waals surface area (Å²) in [5, 5.41) is 3.22. The molecule has 23 heavy (non-hydrogen) atoms. The van der Waals surface area contributed by atoms with Crippen molar-refractivity contribution < 1.29 is 14.3 Å². The van der Waals surface area contributed by atoms with Crippen LogP contribution in [0.4, 0.5) is 5.69 Å². The van der Waals surface area contributed by atoms with E-state index in [9.17, 15) is 9.59 Å². The van der Waals surface area contributed by atoms with Gasteiger partial charge in [-0.25, -0.2) is 4.79 Å². The van der Waals surface area contributed by atoms with E-state index < -0.39 is 5.97 Å². The number of anilines is 1. The molecule has 0 aliphatic rings. The largest absolute Gasteiger partial charge is 0.452 e. The van der Waals surface area contributed by atoms with E-state index in [1.807, 2.05) is 24.3 Å². The zero-order valence-electron chi connectivity index (χ0n) is 13.0. The van der Waals surface area contributed by atoms with E-state index in [-0.39, 0.29) is 12.5 Å². The van der Waals surface area contributed by atoms with Crippen LogP contribution in [-0.2, 0) is 9.53 Å². The van der Waals surface area contributed by atoms with Crippen LogP contribution in [0.25, 0.3) is 0 Å². The molecule has 0 bridgehead atoms. The maximum Gasteiger partial charge on any atom is 0.338 e. The molecule has 4 nitrogen and oxygen atoms in total. The monoisotopic (exact) mass is 331 g/mol. The topological polar surface area (TPSA) is 55.4 Å². The zero-order valence-corrected chi connectivity index (χ0v) is 13.8. The number of hydrogen-bond acceptors (Lipinski definition) is 3. The van der Waals surface area contributed by atoms with Gasteiger partial charge in [-0.15, -0.1) is 0 Å². The highest BCUT2D eigenvalue weighted by atomic mass is 35.5. The van der Waals surface area contributed by atoms with Gasteiger partial charge in [-0.3, -0.25) is 4.79 Å². The highest BCUT2D eigenvalue weighted by Gasteiger charge is 2.10. The van der Waals surface area contributed by atoms with Gasteiger partial charge < -0.3 is 10.1 Å². The molecule has 1 amide bonds. The fourth-order valence-electron chi connectivity index (χ4n) is 1.95. The van der Waals surface area contributed by atoms with Crippen molar-refractivity contribution in [2.45, 2.75) is 19.8 Å². The molecule has 2 rings (SSSR count). The first-order valence-corrected chi connectivity index (χ1v) is 7.66. The van der Waals surface area contributed by atoms with Crippen LogP contribution in [0.15, 0.2) is 48.5 Å². The van der Waals surface area contributed by atoms with Crippen molar-refractivity contribution >= 4 is 29.2 Å². The molecule has 0 radical (unpaired) electrons. The molecule has 1 N–H and O–H groups in total. The number of amides is 1. The van der Waals surface area contributed by atoms with Gasteiger partial charge in [0.1, 0.15) is 0 Å². The van der Waals surface area contributed by atoms with Crippen LogP contribution < -0.4 is 5.32 Å². The van der Waals surface area contributed by atoms with Gasteiger partial charge in [-0.1, -0.05) is 37.6 Å². The number of hydrogen-bond donors (Lipinski definition) is 1. The molecular weight excluding hydrogens is 314 g/mol. The fourth-order valence-corrected chi connectivity index (χ4v) is 2.07. The fraction of sp³-hybridized carbons (Fsp3) is 0.222. The minimum absolute atomic E-state index is 0.340. The van der Waals surface area contributed by atoms with E-state index in [1.165, 1.54) is 5.56 Å². The number of benzene rings is 2. The SMILES string of the molecule is CC(C)c1ccc(NC(=O)COC(=O)c2ccc(Cl)cc2)cc1. The average molecular weight is 332 g/mol. The van der Waals surface area contributed by atoms with Gasteiger partial charge in [-0.05, 0) is 47.9 Å². The van der Waals surface area contributed by atoms with E-state index in [1.54, 1.807) is 24.3 Å². The molecule has 2 aromatic carbocycles. The van der Waals surface area contributed by atoms with Gasteiger partial charge in [0.2, 0.25) is 0 Å². The predicted molar refractivity (Wildman–Crippen MR) is 90.9 cm³/mol. The van der Waals surface area contributed by atoms with Gasteiger partial charge in [0, 0.05) is 10.7 Å². The lowest BCUT2D eigenvalue weighted by molar-refractivity contribution is -0.119. The second-order valence-corrected chi connectivity index (χ2v) is 5.84. The average Bonchev–Trinajstić information content (AvgIpc) is 2.54. The van der Waals surface area contributed by atoms with Gasteiger partial charge in [0.15, 0.2) is 6.61 Å². The normalized spacial score (nSPS) is 10.4. The third-order valence-corrected chi connectivity index (χ3v) is 3.53. The number of esters is 1. The van der Waals surface area contributed by atoms with Gasteiger partial charge >= 0.3 is 5.97 Å². The van der Waals surface area contributed by atoms with Crippen LogP contribution in [0.2, 0.25) is 5.02 Å². The predicted octanol–water partition coefficient (Wildman–Crippen LogP) is 4.26. The number of ether oxygens (including phenoxy) is 1. The lowest BCUT2D eigenvalue weighted by atomic mass is 10.0. The Kier molecular flexibility index (Phi) is 5.77. The molecule has 0 heterocycles. The standard InChI is InChI=1S/C18H18ClNO3/c1-12(2)13-5-9-16(10-6-13)20-17(21)11-23-18(22)14-3-7-15(19)8-4-14/h3-10,12H,11H2,1-2H3,(H,20,21). The van der Waals surface area contributed by atoms with Gasteiger partial charge in [0.25, 0.3) is 5.91 Å². The molecular formula is C18H18ClNO3. The molecule has 0 saturated heterocycles. The minimum atomic E-state index is -0.563. The molecule has 0 saturated carbocycles. The zero-order chi connectivity index (χ0) is 16.8. The first-order chi connectivity index (χ1) is 11.0. The van der Waals surface area contributed by atoms with Crippen LogP contribution in [0.3, 0.4) is 0 Å². The molecule has 120 valence electrons. The summed E-state index contributed by atoms with van der Waals surface area (Å²) in [4.78, 5) is 23.6. The van der Waals surface area contributed by atoms with Crippen LogP contribution in [-0.4, -0.2) is 18.5 Å². The van der Waals surface area contributed by atoms with Crippen molar-refractivity contribution in [2.75, 3.05) is 11.9 Å². The summed E-state index contributed by atoms with van der Waals surface area (Å²) in [5.41, 5.74) is 2.21. The summed E-state index contributed by atoms with van der Waals surface area (Å²) in [6.45, 7) is 3.86. The number of carbonyl (C=O) groups excluding carboxylic acids is 2. The van der Waals surface area contributed by atoms with Crippen LogP contribution in [0.5, 0.6) is 0 Å². The molecule has 0 aliphatic heterocycles. The molecule has 0 spiro atoms. The Bertz CT molecular complexity index is 678. The Morgan fingerprint density at radius 2 is 1.65 bits per heavy atom. The first kappa shape index (κ1) is 17.0. The van der Waals surface area contributed by atoms with Crippen LogP contribution in [0.1, 0.15) is 35.7 Å². The highest BCUT2D eigenvalue weighted by Crippen LogP contribution is 2.17. The van der Waals surface area contributed by atoms with Crippen LogP contribution in [0, 0.1) is 0 Å². The van der Waals surface area contributed by atoms with E-state index >= 15 is 0 Å². The molecule has 0 unspecified atom stereocenters. The van der Waals surface area contributed by atoms with Crippen molar-refractivity contribution in [3.63, 3.8) is 0 Å². The molecule has 0 aliphatic carbocycles. The second-order valence-electron chi connectivity index (χ2n) is 5.41. The lowest BCUT2D eigenvalue weighted by Crippen LogP contribution is -2.20. The number of rotatable bonds is 5. The Morgan fingerprint density at radius 1 is 1.04 bits per heavy atom. The third kappa shape index (κ3) is 5.11. The number of nitrogens with one attached hydrogen (secondary N) is 1. The van der Waals surface area contributed by atoms with Crippen molar-refractivity contribution in [1.82, 2.24) is 0 Å². The van der Waals surface area contributed by atoms with Crippen molar-refractivity contribution in [3.05, 3.63) is 64.7 Å². The second kappa shape index (κ2) is 7.79. The quantitative estimate of drug-likeness (QED) is 0.833. The number of halogens is 1. The molecule has 0 aromatic heterocycles. The molecule has 5 heteroatoms. The van der Waals surface area contributed by atoms with Crippen molar-refractivity contribution in [1.29, 1.82) is 0 Å².